The van der Waals surface area contributed by atoms with Gasteiger partial charge in [0, 0.05) is 0 Å². The van der Waals surface area contributed by atoms with Gasteiger partial charge in [-0.25, -0.2) is 0 Å². The normalized spacial score (nSPS) is 24.6. The summed E-state index contributed by atoms with van der Waals surface area (Å²) in [5.74, 6) is 0. The maximum atomic E-state index is 2.42. The van der Waals surface area contributed by atoms with Crippen LogP contribution in [-0.4, -0.2) is 8.80 Å². The van der Waals surface area contributed by atoms with E-state index < -0.39 is 8.80 Å². The fourth-order valence-electron chi connectivity index (χ4n) is 3.52. The zero-order chi connectivity index (χ0) is 10.8. The molecule has 0 heterocycles. The average Bonchev–Trinajstić information content (AvgIpc) is 3.02. The fraction of sp³-hybridized carbons (Fsp3) is 0.467. The topological polar surface area (TPSA) is 0 Å². The molecule has 0 amide bonds. The SMILES string of the molecule is C1=CCC([SiH](C2=CC=CC2)C2CCCC2)=C1. The van der Waals surface area contributed by atoms with Crippen LogP contribution >= 0.6 is 0 Å². The quantitative estimate of drug-likeness (QED) is 0.640. The van der Waals surface area contributed by atoms with Gasteiger partial charge in [0.25, 0.3) is 0 Å². The van der Waals surface area contributed by atoms with E-state index in [1.54, 1.807) is 0 Å². The summed E-state index contributed by atoms with van der Waals surface area (Å²) in [4.78, 5) is 0. The van der Waals surface area contributed by atoms with Crippen LogP contribution in [0.5, 0.6) is 0 Å². The summed E-state index contributed by atoms with van der Waals surface area (Å²) in [6.45, 7) is 0. The lowest BCUT2D eigenvalue weighted by molar-refractivity contribution is 0.854. The molecule has 0 N–H and O–H groups in total. The Morgan fingerprint density at radius 1 is 0.875 bits per heavy atom. The molecule has 3 rings (SSSR count). The molecular formula is C15H20Si. The monoisotopic (exact) mass is 228 g/mol. The first-order valence-corrected chi connectivity index (χ1v) is 8.48. The summed E-state index contributed by atoms with van der Waals surface area (Å²) in [6.07, 6.45) is 22.6. The van der Waals surface area contributed by atoms with E-state index in [1.165, 1.54) is 38.5 Å². The van der Waals surface area contributed by atoms with Crippen LogP contribution in [0.25, 0.3) is 0 Å². The van der Waals surface area contributed by atoms with Gasteiger partial charge in [-0.1, -0.05) is 72.5 Å². The Balaban J connectivity index is 1.82. The summed E-state index contributed by atoms with van der Waals surface area (Å²) in [7, 11) is -0.794. The van der Waals surface area contributed by atoms with Gasteiger partial charge in [-0.3, -0.25) is 0 Å². The van der Waals surface area contributed by atoms with Gasteiger partial charge in [0.05, 0.1) is 8.80 Å². The van der Waals surface area contributed by atoms with Crippen LogP contribution in [0, 0.1) is 0 Å². The minimum atomic E-state index is -0.794. The maximum absolute atomic E-state index is 2.42. The standard InChI is InChI=1S/C15H20Si/c1-2-8-13(7-1)16(14-9-3-4-10-14)15-11-5-6-12-15/h1-4,7,9,15-16H,5-6,8,10-12H2. The van der Waals surface area contributed by atoms with E-state index in [9.17, 15) is 0 Å². The molecule has 0 aromatic rings. The summed E-state index contributed by atoms with van der Waals surface area (Å²) in [5, 5.41) is 3.61. The molecule has 1 saturated carbocycles. The van der Waals surface area contributed by atoms with E-state index in [1.807, 2.05) is 10.4 Å². The zero-order valence-corrected chi connectivity index (χ0v) is 11.0. The molecule has 84 valence electrons. The Kier molecular flexibility index (Phi) is 2.96. The fourth-order valence-corrected chi connectivity index (χ4v) is 7.77. The van der Waals surface area contributed by atoms with E-state index in [4.69, 9.17) is 0 Å². The van der Waals surface area contributed by atoms with E-state index in [0.29, 0.717) is 0 Å². The third kappa shape index (κ3) is 1.89. The summed E-state index contributed by atoms with van der Waals surface area (Å²) >= 11 is 0. The first kappa shape index (κ1) is 10.3. The van der Waals surface area contributed by atoms with Crippen LogP contribution in [0.15, 0.2) is 46.8 Å². The molecule has 16 heavy (non-hydrogen) atoms. The van der Waals surface area contributed by atoms with Crippen LogP contribution in [0.3, 0.4) is 0 Å². The highest BCUT2D eigenvalue weighted by Crippen LogP contribution is 2.41. The molecule has 0 atom stereocenters. The zero-order valence-electron chi connectivity index (χ0n) is 9.86. The van der Waals surface area contributed by atoms with Crippen LogP contribution < -0.4 is 0 Å². The highest BCUT2D eigenvalue weighted by Gasteiger charge is 2.32. The van der Waals surface area contributed by atoms with Crippen LogP contribution in [0.1, 0.15) is 38.5 Å². The van der Waals surface area contributed by atoms with Crippen LogP contribution in [-0.2, 0) is 0 Å². The van der Waals surface area contributed by atoms with Crippen molar-refractivity contribution in [1.82, 2.24) is 0 Å². The number of hydrogen-bond donors (Lipinski definition) is 0. The van der Waals surface area contributed by atoms with Crippen molar-refractivity contribution in [2.24, 2.45) is 0 Å². The van der Waals surface area contributed by atoms with Crippen molar-refractivity contribution in [3.05, 3.63) is 46.8 Å². The van der Waals surface area contributed by atoms with Crippen LogP contribution in [0.4, 0.5) is 0 Å². The van der Waals surface area contributed by atoms with Gasteiger partial charge in [0.2, 0.25) is 0 Å². The number of hydrogen-bond acceptors (Lipinski definition) is 0. The van der Waals surface area contributed by atoms with Gasteiger partial charge < -0.3 is 0 Å². The summed E-state index contributed by atoms with van der Waals surface area (Å²) < 4.78 is 0. The highest BCUT2D eigenvalue weighted by molar-refractivity contribution is 6.75. The molecule has 1 fully saturated rings. The molecule has 0 aliphatic heterocycles. The first-order chi connectivity index (χ1) is 7.95. The second-order valence-electron chi connectivity index (χ2n) is 5.27. The molecule has 0 aromatic carbocycles. The van der Waals surface area contributed by atoms with E-state index >= 15 is 0 Å². The lowest BCUT2D eigenvalue weighted by Gasteiger charge is -2.25. The molecule has 0 aromatic heterocycles. The molecule has 3 aliphatic carbocycles. The average molecular weight is 228 g/mol. The van der Waals surface area contributed by atoms with Crippen LogP contribution in [0.2, 0.25) is 5.54 Å². The van der Waals surface area contributed by atoms with Gasteiger partial charge in [0.15, 0.2) is 0 Å². The van der Waals surface area contributed by atoms with E-state index in [2.05, 4.69) is 36.5 Å². The molecule has 3 aliphatic rings. The molecular weight excluding hydrogens is 208 g/mol. The summed E-state index contributed by atoms with van der Waals surface area (Å²) in [6, 6.07) is 0. The molecule has 0 radical (unpaired) electrons. The smallest absolute Gasteiger partial charge is 0.0809 e. The molecule has 0 saturated heterocycles. The van der Waals surface area contributed by atoms with E-state index in [0.717, 1.165) is 5.54 Å². The molecule has 1 heteroatoms. The van der Waals surface area contributed by atoms with Crippen molar-refractivity contribution < 1.29 is 0 Å². The first-order valence-electron chi connectivity index (χ1n) is 6.66. The van der Waals surface area contributed by atoms with Gasteiger partial charge in [-0.2, -0.15) is 0 Å². The Morgan fingerprint density at radius 3 is 1.88 bits per heavy atom. The van der Waals surface area contributed by atoms with Gasteiger partial charge in [-0.05, 0) is 18.4 Å². The molecule has 0 bridgehead atoms. The van der Waals surface area contributed by atoms with Crippen molar-refractivity contribution in [3.63, 3.8) is 0 Å². The predicted molar refractivity (Wildman–Crippen MR) is 73.0 cm³/mol. The van der Waals surface area contributed by atoms with Gasteiger partial charge >= 0.3 is 0 Å². The van der Waals surface area contributed by atoms with E-state index in [-0.39, 0.29) is 0 Å². The summed E-state index contributed by atoms with van der Waals surface area (Å²) in [5.41, 5.74) is 1.07. The highest BCUT2D eigenvalue weighted by atomic mass is 28.3. The minimum Gasteiger partial charge on any atom is -0.0809 e. The largest absolute Gasteiger partial charge is 0.0963 e. The lowest BCUT2D eigenvalue weighted by Crippen LogP contribution is -2.24. The van der Waals surface area contributed by atoms with Crippen molar-refractivity contribution in [3.8, 4) is 0 Å². The Hall–Kier alpha value is -0.823. The van der Waals surface area contributed by atoms with Crippen molar-refractivity contribution in [2.45, 2.75) is 44.1 Å². The Morgan fingerprint density at radius 2 is 1.44 bits per heavy atom. The van der Waals surface area contributed by atoms with Crippen molar-refractivity contribution >= 4 is 8.80 Å². The third-order valence-corrected chi connectivity index (χ3v) is 8.33. The second kappa shape index (κ2) is 4.58. The number of allylic oxidation sites excluding steroid dienone is 8. The molecule has 0 unspecified atom stereocenters. The molecule has 0 spiro atoms. The Labute approximate surface area is 100 Å². The number of rotatable bonds is 3. The van der Waals surface area contributed by atoms with Crippen molar-refractivity contribution in [1.29, 1.82) is 0 Å². The lowest BCUT2D eigenvalue weighted by atomic mass is 10.4. The second-order valence-corrected chi connectivity index (χ2v) is 8.65. The third-order valence-electron chi connectivity index (χ3n) is 4.27. The minimum absolute atomic E-state index is 0.794. The maximum Gasteiger partial charge on any atom is 0.0963 e. The Bertz CT molecular complexity index is 348. The van der Waals surface area contributed by atoms with Gasteiger partial charge in [-0.15, -0.1) is 0 Å². The predicted octanol–water partition coefficient (Wildman–Crippen LogP) is 4.01. The van der Waals surface area contributed by atoms with Gasteiger partial charge in [0.1, 0.15) is 0 Å². The van der Waals surface area contributed by atoms with Crippen molar-refractivity contribution in [2.75, 3.05) is 0 Å². The molecule has 0 nitrogen and oxygen atoms in total.